The Balaban J connectivity index is 2.54. The molecule has 0 bridgehead atoms. The molecule has 2 nitrogen and oxygen atoms in total. The first-order chi connectivity index (χ1) is 5.77. The molecule has 1 aliphatic heterocycles. The predicted molar refractivity (Wildman–Crippen MR) is 50.0 cm³/mol. The van der Waals surface area contributed by atoms with E-state index in [1.54, 1.807) is 0 Å². The van der Waals surface area contributed by atoms with Crippen LogP contribution in [0.2, 0.25) is 0 Å². The van der Waals surface area contributed by atoms with Gasteiger partial charge in [0.05, 0.1) is 6.42 Å². The van der Waals surface area contributed by atoms with Gasteiger partial charge >= 0.3 is 0 Å². The molecule has 12 heavy (non-hydrogen) atoms. The van der Waals surface area contributed by atoms with E-state index in [4.69, 9.17) is 12.2 Å². The van der Waals surface area contributed by atoms with Crippen LogP contribution in [-0.2, 0) is 11.2 Å². The molecule has 0 fully saturated rings. The monoisotopic (exact) mass is 177 g/mol. The molecule has 0 spiro atoms. The molecule has 1 amide bonds. The van der Waals surface area contributed by atoms with Gasteiger partial charge in [0.2, 0.25) is 5.91 Å². The number of amides is 1. The van der Waals surface area contributed by atoms with E-state index >= 15 is 0 Å². The summed E-state index contributed by atoms with van der Waals surface area (Å²) < 4.78 is 0. The Morgan fingerprint density at radius 3 is 2.92 bits per heavy atom. The van der Waals surface area contributed by atoms with Crippen LogP contribution < -0.4 is 5.32 Å². The summed E-state index contributed by atoms with van der Waals surface area (Å²) in [5.41, 5.74) is 2.00. The largest absolute Gasteiger partial charge is 0.316 e. The average Bonchev–Trinajstić information content (AvgIpc) is 2.04. The SMILES string of the molecule is O=C1Cc2ccccc2C(=S)N1. The van der Waals surface area contributed by atoms with Crippen LogP contribution >= 0.6 is 12.2 Å². The van der Waals surface area contributed by atoms with Crippen molar-refractivity contribution in [2.45, 2.75) is 6.42 Å². The maximum Gasteiger partial charge on any atom is 0.229 e. The minimum atomic E-state index is -0.0151. The summed E-state index contributed by atoms with van der Waals surface area (Å²) in [7, 11) is 0. The van der Waals surface area contributed by atoms with Crippen molar-refractivity contribution in [2.75, 3.05) is 0 Å². The van der Waals surface area contributed by atoms with Crippen molar-refractivity contribution in [3.63, 3.8) is 0 Å². The van der Waals surface area contributed by atoms with Crippen LogP contribution in [0.5, 0.6) is 0 Å². The number of fused-ring (bicyclic) bond motifs is 1. The molecule has 3 heteroatoms. The molecule has 0 radical (unpaired) electrons. The van der Waals surface area contributed by atoms with E-state index in [0.717, 1.165) is 11.1 Å². The third-order valence-corrected chi connectivity index (χ3v) is 2.19. The second kappa shape index (κ2) is 2.68. The molecular weight excluding hydrogens is 170 g/mol. The summed E-state index contributed by atoms with van der Waals surface area (Å²) in [4.78, 5) is 11.6. The first-order valence-electron chi connectivity index (χ1n) is 3.69. The zero-order valence-electron chi connectivity index (χ0n) is 6.33. The van der Waals surface area contributed by atoms with E-state index < -0.39 is 0 Å². The Labute approximate surface area is 75.6 Å². The molecule has 0 saturated heterocycles. The van der Waals surface area contributed by atoms with Crippen LogP contribution in [0, 0.1) is 0 Å². The standard InChI is InChI=1S/C9H7NOS/c11-8-5-6-3-1-2-4-7(6)9(12)10-8/h1-4H,5H2,(H,10,11,12). The lowest BCUT2D eigenvalue weighted by Crippen LogP contribution is -2.36. The summed E-state index contributed by atoms with van der Waals surface area (Å²) in [5.74, 6) is -0.0151. The maximum absolute atomic E-state index is 11.0. The Kier molecular flexibility index (Phi) is 1.66. The van der Waals surface area contributed by atoms with Gasteiger partial charge in [-0.2, -0.15) is 0 Å². The van der Waals surface area contributed by atoms with Gasteiger partial charge in [-0.1, -0.05) is 36.5 Å². The molecule has 0 unspecified atom stereocenters. The number of thiocarbonyl (C=S) groups is 1. The topological polar surface area (TPSA) is 29.1 Å². The number of hydrogen-bond acceptors (Lipinski definition) is 2. The Hall–Kier alpha value is -1.22. The van der Waals surface area contributed by atoms with Gasteiger partial charge in [-0.25, -0.2) is 0 Å². The molecular formula is C9H7NOS. The van der Waals surface area contributed by atoms with Gasteiger partial charge in [-0.05, 0) is 5.56 Å². The van der Waals surface area contributed by atoms with Crippen molar-refractivity contribution in [1.29, 1.82) is 0 Å². The van der Waals surface area contributed by atoms with Crippen LogP contribution in [-0.4, -0.2) is 10.9 Å². The highest BCUT2D eigenvalue weighted by Crippen LogP contribution is 2.13. The van der Waals surface area contributed by atoms with Gasteiger partial charge in [0.15, 0.2) is 0 Å². The lowest BCUT2D eigenvalue weighted by molar-refractivity contribution is -0.119. The number of carbonyl (C=O) groups excluding carboxylic acids is 1. The van der Waals surface area contributed by atoms with Crippen LogP contribution in [0.1, 0.15) is 11.1 Å². The number of carbonyl (C=O) groups is 1. The third-order valence-electron chi connectivity index (χ3n) is 1.87. The quantitative estimate of drug-likeness (QED) is 0.600. The molecule has 1 aromatic carbocycles. The van der Waals surface area contributed by atoms with Gasteiger partial charge in [0.25, 0.3) is 0 Å². The minimum absolute atomic E-state index is 0.0151. The van der Waals surface area contributed by atoms with E-state index in [9.17, 15) is 4.79 Å². The van der Waals surface area contributed by atoms with Crippen LogP contribution in [0.3, 0.4) is 0 Å². The van der Waals surface area contributed by atoms with Gasteiger partial charge < -0.3 is 5.32 Å². The fraction of sp³-hybridized carbons (Fsp3) is 0.111. The number of nitrogens with one attached hydrogen (secondary N) is 1. The van der Waals surface area contributed by atoms with Crippen LogP contribution in [0.15, 0.2) is 24.3 Å². The first-order valence-corrected chi connectivity index (χ1v) is 4.10. The highest BCUT2D eigenvalue weighted by atomic mass is 32.1. The first kappa shape index (κ1) is 7.43. The zero-order valence-corrected chi connectivity index (χ0v) is 7.15. The van der Waals surface area contributed by atoms with E-state index in [2.05, 4.69) is 5.32 Å². The Morgan fingerprint density at radius 2 is 2.08 bits per heavy atom. The summed E-state index contributed by atoms with van der Waals surface area (Å²) in [5, 5.41) is 2.63. The molecule has 0 aliphatic carbocycles. The van der Waals surface area contributed by atoms with Gasteiger partial charge in [0.1, 0.15) is 4.99 Å². The van der Waals surface area contributed by atoms with E-state index in [1.165, 1.54) is 0 Å². The smallest absolute Gasteiger partial charge is 0.229 e. The van der Waals surface area contributed by atoms with E-state index in [0.29, 0.717) is 11.4 Å². The number of benzene rings is 1. The van der Waals surface area contributed by atoms with Gasteiger partial charge in [-0.3, -0.25) is 4.79 Å². The van der Waals surface area contributed by atoms with Crippen molar-refractivity contribution in [1.82, 2.24) is 5.32 Å². The summed E-state index contributed by atoms with van der Waals surface area (Å²) in [6.45, 7) is 0. The van der Waals surface area contributed by atoms with Crippen LogP contribution in [0.4, 0.5) is 0 Å². The minimum Gasteiger partial charge on any atom is -0.316 e. The molecule has 0 saturated carbocycles. The molecule has 1 heterocycles. The highest BCUT2D eigenvalue weighted by Gasteiger charge is 2.17. The summed E-state index contributed by atoms with van der Waals surface area (Å²) in [6.07, 6.45) is 0.441. The molecule has 2 rings (SSSR count). The van der Waals surface area contributed by atoms with Crippen LogP contribution in [0.25, 0.3) is 0 Å². The fourth-order valence-corrected chi connectivity index (χ4v) is 1.62. The number of rotatable bonds is 0. The normalized spacial score (nSPS) is 15.3. The number of hydrogen-bond donors (Lipinski definition) is 1. The molecule has 1 aromatic rings. The second-order valence-corrected chi connectivity index (χ2v) is 3.12. The van der Waals surface area contributed by atoms with E-state index in [-0.39, 0.29) is 5.91 Å². The Morgan fingerprint density at radius 1 is 1.33 bits per heavy atom. The predicted octanol–water partition coefficient (Wildman–Crippen LogP) is 1.03. The van der Waals surface area contributed by atoms with Crippen molar-refractivity contribution in [3.8, 4) is 0 Å². The molecule has 0 aromatic heterocycles. The van der Waals surface area contributed by atoms with E-state index in [1.807, 2.05) is 24.3 Å². The molecule has 0 atom stereocenters. The van der Waals surface area contributed by atoms with Gasteiger partial charge in [0, 0.05) is 5.56 Å². The summed E-state index contributed by atoms with van der Waals surface area (Å²) in [6, 6.07) is 7.69. The summed E-state index contributed by atoms with van der Waals surface area (Å²) >= 11 is 5.01. The van der Waals surface area contributed by atoms with Crippen molar-refractivity contribution in [3.05, 3.63) is 35.4 Å². The van der Waals surface area contributed by atoms with Crippen molar-refractivity contribution >= 4 is 23.1 Å². The zero-order chi connectivity index (χ0) is 8.55. The van der Waals surface area contributed by atoms with Crippen molar-refractivity contribution < 1.29 is 4.79 Å². The molecule has 60 valence electrons. The molecule has 1 N–H and O–H groups in total. The lowest BCUT2D eigenvalue weighted by atomic mass is 10.0. The second-order valence-electron chi connectivity index (χ2n) is 2.71. The maximum atomic E-state index is 11.0. The average molecular weight is 177 g/mol. The third kappa shape index (κ3) is 1.12. The molecule has 1 aliphatic rings. The Bertz CT molecular complexity index is 359. The fourth-order valence-electron chi connectivity index (χ4n) is 1.31. The lowest BCUT2D eigenvalue weighted by Gasteiger charge is -2.16. The highest BCUT2D eigenvalue weighted by molar-refractivity contribution is 7.80. The van der Waals surface area contributed by atoms with Crippen molar-refractivity contribution in [2.24, 2.45) is 0 Å². The van der Waals surface area contributed by atoms with Gasteiger partial charge in [-0.15, -0.1) is 0 Å².